The van der Waals surface area contributed by atoms with Gasteiger partial charge in [-0.25, -0.2) is 13.2 Å². The second kappa shape index (κ2) is 7.87. The van der Waals surface area contributed by atoms with Crippen molar-refractivity contribution in [3.63, 3.8) is 0 Å². The molecule has 11 heteroatoms. The van der Waals surface area contributed by atoms with E-state index in [2.05, 4.69) is 10.1 Å². The van der Waals surface area contributed by atoms with E-state index in [-0.39, 0.29) is 40.9 Å². The van der Waals surface area contributed by atoms with Crippen LogP contribution in [0.25, 0.3) is 0 Å². The van der Waals surface area contributed by atoms with Crippen molar-refractivity contribution in [2.24, 2.45) is 0 Å². The first-order valence-corrected chi connectivity index (χ1v) is 10.7. The second-order valence-corrected chi connectivity index (χ2v) is 8.96. The molecule has 2 heterocycles. The average molecular weight is 413 g/mol. The van der Waals surface area contributed by atoms with Gasteiger partial charge in [-0.05, 0) is 37.1 Å². The van der Waals surface area contributed by atoms with E-state index in [1.807, 2.05) is 0 Å². The number of benzene rings is 1. The molecule has 0 radical (unpaired) electrons. The summed E-state index contributed by atoms with van der Waals surface area (Å²) in [6, 6.07) is 5.54. The van der Waals surface area contributed by atoms with Crippen LogP contribution in [0, 0.1) is 0 Å². The molecule has 146 valence electrons. The third-order valence-electron chi connectivity index (χ3n) is 4.50. The van der Waals surface area contributed by atoms with Crippen LogP contribution in [0.5, 0.6) is 0 Å². The maximum Gasteiger partial charge on any atom is 0.411 e. The van der Waals surface area contributed by atoms with E-state index in [1.165, 1.54) is 40.6 Å². The van der Waals surface area contributed by atoms with Gasteiger partial charge in [-0.2, -0.15) is 4.31 Å². The number of piperidine rings is 1. The number of thioether (sulfide) groups is 1. The van der Waals surface area contributed by atoms with Crippen LogP contribution in [-0.4, -0.2) is 66.9 Å². The number of sulfonamides is 1. The summed E-state index contributed by atoms with van der Waals surface area (Å²) >= 11 is 0.984. The molecule has 2 fully saturated rings. The Bertz CT molecular complexity index is 831. The van der Waals surface area contributed by atoms with Gasteiger partial charge < -0.3 is 4.74 Å². The number of hydrogen-bond donors (Lipinski definition) is 1. The molecule has 0 bridgehead atoms. The molecule has 2 aliphatic heterocycles. The van der Waals surface area contributed by atoms with Crippen molar-refractivity contribution < 1.29 is 27.5 Å². The van der Waals surface area contributed by atoms with E-state index >= 15 is 0 Å². The molecule has 3 rings (SSSR count). The number of methoxy groups -OCH3 is 1. The van der Waals surface area contributed by atoms with Crippen LogP contribution >= 0.6 is 11.8 Å². The number of hydrogen-bond acceptors (Lipinski definition) is 7. The Morgan fingerprint density at radius 2 is 1.81 bits per heavy atom. The first-order chi connectivity index (χ1) is 12.8. The van der Waals surface area contributed by atoms with Crippen LogP contribution in [-0.2, 0) is 19.6 Å². The van der Waals surface area contributed by atoms with Crippen molar-refractivity contribution >= 4 is 44.7 Å². The Hall–Kier alpha value is -2.11. The molecule has 1 N–H and O–H groups in total. The molecule has 2 aliphatic rings. The fourth-order valence-electron chi connectivity index (χ4n) is 3.09. The Kier molecular flexibility index (Phi) is 5.72. The molecule has 1 aromatic rings. The van der Waals surface area contributed by atoms with Crippen molar-refractivity contribution in [1.82, 2.24) is 9.21 Å². The number of amides is 3. The molecule has 2 saturated heterocycles. The third kappa shape index (κ3) is 4.09. The summed E-state index contributed by atoms with van der Waals surface area (Å²) in [5.74, 6) is -0.0523. The number of carbonyl (C=O) groups excluding carboxylic acids is 3. The summed E-state index contributed by atoms with van der Waals surface area (Å²) < 4.78 is 31.4. The number of ether oxygens (including phenoxy) is 1. The summed E-state index contributed by atoms with van der Waals surface area (Å²) in [7, 11) is -2.46. The van der Waals surface area contributed by atoms with Crippen molar-refractivity contribution in [1.29, 1.82) is 0 Å². The number of anilines is 1. The monoisotopic (exact) mass is 413 g/mol. The average Bonchev–Trinajstić information content (AvgIpc) is 3.00. The smallest absolute Gasteiger partial charge is 0.411 e. The highest BCUT2D eigenvalue weighted by Crippen LogP contribution is 2.29. The van der Waals surface area contributed by atoms with Gasteiger partial charge in [0.25, 0.3) is 5.24 Å². The Balaban J connectivity index is 1.65. The molecule has 3 amide bonds. The fraction of sp³-hybridized carbons (Fsp3) is 0.438. The Labute approximate surface area is 161 Å². The van der Waals surface area contributed by atoms with Crippen LogP contribution in [0.4, 0.5) is 15.3 Å². The summed E-state index contributed by atoms with van der Waals surface area (Å²) in [5, 5.41) is 2.20. The van der Waals surface area contributed by atoms with Gasteiger partial charge in [-0.15, -0.1) is 0 Å². The molecule has 0 unspecified atom stereocenters. The zero-order valence-corrected chi connectivity index (χ0v) is 16.2. The Morgan fingerprint density at radius 1 is 1.19 bits per heavy atom. The molecular weight excluding hydrogens is 394 g/mol. The summed E-state index contributed by atoms with van der Waals surface area (Å²) in [6.07, 6.45) is 0.190. The number of nitrogens with zero attached hydrogens (tertiary/aromatic N) is 2. The predicted molar refractivity (Wildman–Crippen MR) is 99.0 cm³/mol. The van der Waals surface area contributed by atoms with E-state index in [0.717, 1.165) is 11.8 Å². The normalized spacial score (nSPS) is 19.4. The molecule has 27 heavy (non-hydrogen) atoms. The van der Waals surface area contributed by atoms with Crippen molar-refractivity contribution in [2.75, 3.05) is 31.3 Å². The predicted octanol–water partition coefficient (Wildman–Crippen LogP) is 1.71. The molecule has 1 aromatic carbocycles. The highest BCUT2D eigenvalue weighted by Gasteiger charge is 2.39. The summed E-state index contributed by atoms with van der Waals surface area (Å²) in [6.45, 7) is 0.466. The van der Waals surface area contributed by atoms with E-state index in [9.17, 15) is 22.8 Å². The van der Waals surface area contributed by atoms with Crippen molar-refractivity contribution in [3.8, 4) is 0 Å². The van der Waals surface area contributed by atoms with Gasteiger partial charge in [0.1, 0.15) is 0 Å². The summed E-state index contributed by atoms with van der Waals surface area (Å²) in [5.41, 5.74) is 0.420. The van der Waals surface area contributed by atoms with Gasteiger partial charge in [0.2, 0.25) is 15.9 Å². The summed E-state index contributed by atoms with van der Waals surface area (Å²) in [4.78, 5) is 36.2. The van der Waals surface area contributed by atoms with Gasteiger partial charge in [0.05, 0.1) is 17.8 Å². The number of rotatable bonds is 4. The van der Waals surface area contributed by atoms with Crippen molar-refractivity contribution in [2.45, 2.75) is 23.8 Å². The van der Waals surface area contributed by atoms with Gasteiger partial charge in [-0.1, -0.05) is 11.8 Å². The SMILES string of the molecule is COC(=O)Nc1ccc(S(=O)(=O)N2CCC(N3C(=O)CSC3=O)CC2)cc1. The van der Waals surface area contributed by atoms with Crippen LogP contribution in [0.1, 0.15) is 12.8 Å². The molecular formula is C16H19N3O6S2. The second-order valence-electron chi connectivity index (χ2n) is 6.09. The fourth-order valence-corrected chi connectivity index (χ4v) is 5.33. The molecule has 0 aliphatic carbocycles. The lowest BCUT2D eigenvalue weighted by Crippen LogP contribution is -2.48. The zero-order valence-electron chi connectivity index (χ0n) is 14.6. The Morgan fingerprint density at radius 3 is 2.33 bits per heavy atom. The molecule has 9 nitrogen and oxygen atoms in total. The quantitative estimate of drug-likeness (QED) is 0.799. The lowest BCUT2D eigenvalue weighted by molar-refractivity contribution is -0.126. The van der Waals surface area contributed by atoms with E-state index < -0.39 is 16.1 Å². The largest absolute Gasteiger partial charge is 0.453 e. The molecule has 0 atom stereocenters. The minimum Gasteiger partial charge on any atom is -0.453 e. The van der Waals surface area contributed by atoms with Gasteiger partial charge >= 0.3 is 6.09 Å². The van der Waals surface area contributed by atoms with Crippen LogP contribution in [0.2, 0.25) is 0 Å². The topological polar surface area (TPSA) is 113 Å². The molecule has 0 saturated carbocycles. The van der Waals surface area contributed by atoms with E-state index in [4.69, 9.17) is 0 Å². The van der Waals surface area contributed by atoms with Crippen LogP contribution in [0.15, 0.2) is 29.2 Å². The number of imide groups is 1. The number of carbonyl (C=O) groups is 3. The van der Waals surface area contributed by atoms with E-state index in [0.29, 0.717) is 18.5 Å². The van der Waals surface area contributed by atoms with E-state index in [1.54, 1.807) is 0 Å². The minimum atomic E-state index is -3.69. The lowest BCUT2D eigenvalue weighted by atomic mass is 10.1. The highest BCUT2D eigenvalue weighted by molar-refractivity contribution is 8.14. The molecule has 0 spiro atoms. The highest BCUT2D eigenvalue weighted by atomic mass is 32.2. The van der Waals surface area contributed by atoms with Crippen molar-refractivity contribution in [3.05, 3.63) is 24.3 Å². The standard InChI is InChI=1S/C16H19N3O6S2/c1-25-15(21)17-11-2-4-13(5-3-11)27(23,24)18-8-6-12(7-9-18)19-14(20)10-26-16(19)22/h2-5,12H,6-10H2,1H3,(H,17,21). The first kappa shape index (κ1) is 19.6. The lowest BCUT2D eigenvalue weighted by Gasteiger charge is -2.34. The first-order valence-electron chi connectivity index (χ1n) is 8.27. The van der Waals surface area contributed by atoms with Gasteiger partial charge in [0, 0.05) is 24.8 Å². The zero-order chi connectivity index (χ0) is 19.6. The number of nitrogens with one attached hydrogen (secondary N) is 1. The van der Waals surface area contributed by atoms with Gasteiger partial charge in [-0.3, -0.25) is 19.8 Å². The van der Waals surface area contributed by atoms with Gasteiger partial charge in [0.15, 0.2) is 0 Å². The van der Waals surface area contributed by atoms with Crippen LogP contribution < -0.4 is 5.32 Å². The van der Waals surface area contributed by atoms with Crippen LogP contribution in [0.3, 0.4) is 0 Å². The maximum atomic E-state index is 12.8. The minimum absolute atomic E-state index is 0.111. The molecule has 0 aromatic heterocycles. The maximum absolute atomic E-state index is 12.8. The third-order valence-corrected chi connectivity index (χ3v) is 7.24.